The van der Waals surface area contributed by atoms with E-state index in [1.54, 1.807) is 12.1 Å². The molecule has 9 heteroatoms. The highest BCUT2D eigenvalue weighted by atomic mass is 32.2. The summed E-state index contributed by atoms with van der Waals surface area (Å²) in [7, 11) is -3.53. The maximum Gasteiger partial charge on any atom is 0.244 e. The molecular formula is C20H24N4O4S. The predicted molar refractivity (Wildman–Crippen MR) is 109 cm³/mol. The van der Waals surface area contributed by atoms with Crippen molar-refractivity contribution in [3.63, 3.8) is 0 Å². The lowest BCUT2D eigenvalue weighted by molar-refractivity contribution is -0.117. The number of ether oxygens (including phenoxy) is 1. The van der Waals surface area contributed by atoms with Crippen molar-refractivity contribution >= 4 is 27.4 Å². The molecule has 2 fully saturated rings. The third-order valence-corrected chi connectivity index (χ3v) is 7.02. The van der Waals surface area contributed by atoms with Gasteiger partial charge in [-0.25, -0.2) is 13.4 Å². The van der Waals surface area contributed by atoms with Crippen LogP contribution in [0.1, 0.15) is 18.4 Å². The molecule has 0 spiro atoms. The quantitative estimate of drug-likeness (QED) is 0.773. The molecule has 0 saturated carbocycles. The number of aromatic nitrogens is 1. The second-order valence-electron chi connectivity index (χ2n) is 7.06. The average Bonchev–Trinajstić information content (AvgIpc) is 3.19. The molecule has 2 aliphatic heterocycles. The van der Waals surface area contributed by atoms with E-state index in [0.29, 0.717) is 45.1 Å². The minimum atomic E-state index is -3.53. The molecule has 154 valence electrons. The summed E-state index contributed by atoms with van der Waals surface area (Å²) < 4.78 is 31.9. The maximum atomic E-state index is 12.6. The van der Waals surface area contributed by atoms with Crippen LogP contribution in [0, 0.1) is 0 Å². The summed E-state index contributed by atoms with van der Waals surface area (Å²) >= 11 is 0. The van der Waals surface area contributed by atoms with Crippen LogP contribution in [0.2, 0.25) is 0 Å². The van der Waals surface area contributed by atoms with Crippen LogP contribution in [0.25, 0.3) is 0 Å². The Bertz CT molecular complexity index is 955. The number of pyridine rings is 1. The lowest BCUT2D eigenvalue weighted by atomic mass is 10.2. The predicted octanol–water partition coefficient (Wildman–Crippen LogP) is 1.84. The van der Waals surface area contributed by atoms with Gasteiger partial charge in [-0.1, -0.05) is 12.1 Å². The van der Waals surface area contributed by atoms with E-state index in [4.69, 9.17) is 4.74 Å². The fourth-order valence-corrected chi connectivity index (χ4v) is 4.83. The first kappa shape index (κ1) is 19.8. The molecule has 2 saturated heterocycles. The molecular weight excluding hydrogens is 392 g/mol. The van der Waals surface area contributed by atoms with Gasteiger partial charge in [0.05, 0.1) is 13.2 Å². The van der Waals surface area contributed by atoms with Crippen LogP contribution in [-0.2, 0) is 26.1 Å². The third-order valence-electron chi connectivity index (χ3n) is 5.14. The number of amides is 1. The lowest BCUT2D eigenvalue weighted by Gasteiger charge is -2.25. The van der Waals surface area contributed by atoms with Crippen molar-refractivity contribution in [3.05, 3.63) is 48.2 Å². The second-order valence-corrected chi connectivity index (χ2v) is 9.00. The van der Waals surface area contributed by atoms with E-state index in [-0.39, 0.29) is 10.8 Å². The van der Waals surface area contributed by atoms with Crippen molar-refractivity contribution in [2.45, 2.75) is 24.3 Å². The normalized spacial score (nSPS) is 18.2. The summed E-state index contributed by atoms with van der Waals surface area (Å²) in [6.45, 7) is 2.88. The monoisotopic (exact) mass is 416 g/mol. The Morgan fingerprint density at radius 3 is 2.41 bits per heavy atom. The minimum Gasteiger partial charge on any atom is -0.379 e. The average molecular weight is 417 g/mol. The molecule has 1 aromatic heterocycles. The topological polar surface area (TPSA) is 91.8 Å². The number of hydrogen-bond donors (Lipinski definition) is 1. The standard InChI is InChI=1S/C20H24N4O4S/c25-20-2-1-9-24(20)17-5-3-16(4-6-17)14-21-19-8-7-18(15-22-19)29(26,27)23-10-12-28-13-11-23/h3-8,15H,1-2,9-14H2,(H,21,22). The zero-order valence-electron chi connectivity index (χ0n) is 16.1. The molecule has 1 amide bonds. The maximum absolute atomic E-state index is 12.6. The van der Waals surface area contributed by atoms with Crippen LogP contribution in [0.15, 0.2) is 47.5 Å². The number of carbonyl (C=O) groups is 1. The minimum absolute atomic E-state index is 0.173. The first-order valence-corrected chi connectivity index (χ1v) is 11.2. The van der Waals surface area contributed by atoms with Gasteiger partial charge in [0, 0.05) is 44.5 Å². The second kappa shape index (κ2) is 8.48. The summed E-state index contributed by atoms with van der Waals surface area (Å²) in [6.07, 6.45) is 2.91. The third kappa shape index (κ3) is 4.42. The van der Waals surface area contributed by atoms with Gasteiger partial charge in [0.1, 0.15) is 10.7 Å². The van der Waals surface area contributed by atoms with Crippen LogP contribution < -0.4 is 10.2 Å². The van der Waals surface area contributed by atoms with Crippen molar-refractivity contribution < 1.29 is 17.9 Å². The Balaban J connectivity index is 1.36. The molecule has 0 radical (unpaired) electrons. The van der Waals surface area contributed by atoms with Crippen molar-refractivity contribution in [2.24, 2.45) is 0 Å². The zero-order chi connectivity index (χ0) is 20.3. The Hall–Kier alpha value is -2.49. The highest BCUT2D eigenvalue weighted by molar-refractivity contribution is 7.89. The van der Waals surface area contributed by atoms with Crippen molar-refractivity contribution in [1.82, 2.24) is 9.29 Å². The van der Waals surface area contributed by atoms with E-state index in [0.717, 1.165) is 24.2 Å². The summed E-state index contributed by atoms with van der Waals surface area (Å²) in [5.74, 6) is 0.775. The van der Waals surface area contributed by atoms with E-state index in [9.17, 15) is 13.2 Å². The number of sulfonamides is 1. The summed E-state index contributed by atoms with van der Waals surface area (Å²) in [4.78, 5) is 18.1. The molecule has 0 bridgehead atoms. The van der Waals surface area contributed by atoms with Gasteiger partial charge in [-0.05, 0) is 36.2 Å². The van der Waals surface area contributed by atoms with Crippen molar-refractivity contribution in [1.29, 1.82) is 0 Å². The van der Waals surface area contributed by atoms with E-state index in [1.165, 1.54) is 10.5 Å². The molecule has 2 aromatic rings. The number of rotatable bonds is 6. The van der Waals surface area contributed by atoms with Gasteiger partial charge in [0.15, 0.2) is 0 Å². The molecule has 1 N–H and O–H groups in total. The highest BCUT2D eigenvalue weighted by Gasteiger charge is 2.26. The first-order valence-electron chi connectivity index (χ1n) is 9.71. The highest BCUT2D eigenvalue weighted by Crippen LogP contribution is 2.22. The molecule has 1 aromatic carbocycles. The van der Waals surface area contributed by atoms with Gasteiger partial charge < -0.3 is 15.0 Å². The van der Waals surface area contributed by atoms with E-state index < -0.39 is 10.0 Å². The smallest absolute Gasteiger partial charge is 0.244 e. The van der Waals surface area contributed by atoms with Crippen molar-refractivity contribution in [3.8, 4) is 0 Å². The van der Waals surface area contributed by atoms with Gasteiger partial charge >= 0.3 is 0 Å². The molecule has 29 heavy (non-hydrogen) atoms. The van der Waals surface area contributed by atoms with Crippen LogP contribution in [0.4, 0.5) is 11.5 Å². The molecule has 3 heterocycles. The first-order chi connectivity index (χ1) is 14.0. The number of anilines is 2. The van der Waals surface area contributed by atoms with Crippen LogP contribution >= 0.6 is 0 Å². The Morgan fingerprint density at radius 2 is 1.79 bits per heavy atom. The van der Waals surface area contributed by atoms with E-state index in [1.807, 2.05) is 29.2 Å². The summed E-state index contributed by atoms with van der Waals surface area (Å²) in [5, 5.41) is 3.20. The number of nitrogens with zero attached hydrogens (tertiary/aromatic N) is 3. The summed E-state index contributed by atoms with van der Waals surface area (Å²) in [5.41, 5.74) is 1.97. The number of carbonyl (C=O) groups excluding carboxylic acids is 1. The van der Waals surface area contributed by atoms with Gasteiger partial charge in [0.25, 0.3) is 0 Å². The number of benzene rings is 1. The zero-order valence-corrected chi connectivity index (χ0v) is 16.9. The van der Waals surface area contributed by atoms with Gasteiger partial charge in [-0.3, -0.25) is 4.79 Å². The lowest BCUT2D eigenvalue weighted by Crippen LogP contribution is -2.40. The number of nitrogens with one attached hydrogen (secondary N) is 1. The number of hydrogen-bond acceptors (Lipinski definition) is 6. The molecule has 0 atom stereocenters. The Kier molecular flexibility index (Phi) is 5.79. The molecule has 0 aliphatic carbocycles. The fourth-order valence-electron chi connectivity index (χ4n) is 3.48. The molecule has 8 nitrogen and oxygen atoms in total. The van der Waals surface area contributed by atoms with Gasteiger partial charge in [0.2, 0.25) is 15.9 Å². The van der Waals surface area contributed by atoms with Crippen LogP contribution in [0.3, 0.4) is 0 Å². The SMILES string of the molecule is O=C1CCCN1c1ccc(CNc2ccc(S(=O)(=O)N3CCOCC3)cn2)cc1. The van der Waals surface area contributed by atoms with Crippen LogP contribution in [-0.4, -0.2) is 56.5 Å². The van der Waals surface area contributed by atoms with Crippen molar-refractivity contribution in [2.75, 3.05) is 43.1 Å². The molecule has 4 rings (SSSR count). The molecule has 2 aliphatic rings. The molecule has 0 unspecified atom stereocenters. The number of morpholine rings is 1. The largest absolute Gasteiger partial charge is 0.379 e. The fraction of sp³-hybridized carbons (Fsp3) is 0.400. The van der Waals surface area contributed by atoms with Gasteiger partial charge in [-0.15, -0.1) is 0 Å². The van der Waals surface area contributed by atoms with E-state index in [2.05, 4.69) is 10.3 Å². The van der Waals surface area contributed by atoms with E-state index >= 15 is 0 Å². The Morgan fingerprint density at radius 1 is 1.03 bits per heavy atom. The Labute approximate surface area is 170 Å². The van der Waals surface area contributed by atoms with Gasteiger partial charge in [-0.2, -0.15) is 4.31 Å². The van der Waals surface area contributed by atoms with Crippen LogP contribution in [0.5, 0.6) is 0 Å². The summed E-state index contributed by atoms with van der Waals surface area (Å²) in [6, 6.07) is 11.1.